The highest BCUT2D eigenvalue weighted by Gasteiger charge is 2.36. The Kier molecular flexibility index (Phi) is 4.34. The molecular weight excluding hydrogens is 234 g/mol. The van der Waals surface area contributed by atoms with Crippen LogP contribution in [-0.4, -0.2) is 23.6 Å². The van der Waals surface area contributed by atoms with Crippen LogP contribution in [0.2, 0.25) is 0 Å². The fourth-order valence-corrected chi connectivity index (χ4v) is 4.78. The van der Waals surface area contributed by atoms with Crippen LogP contribution in [0.3, 0.4) is 0 Å². The van der Waals surface area contributed by atoms with Crippen LogP contribution in [0.1, 0.15) is 31.1 Å². The molecule has 0 aliphatic carbocycles. The Hall–Kier alpha value is 0.01000. The molecule has 1 aromatic heterocycles. The Bertz CT molecular complexity index is 302. The van der Waals surface area contributed by atoms with Crippen molar-refractivity contribution >= 4 is 23.1 Å². The lowest BCUT2D eigenvalue weighted by atomic mass is 9.92. The van der Waals surface area contributed by atoms with Crippen molar-refractivity contribution in [3.8, 4) is 0 Å². The molecule has 1 aliphatic heterocycles. The first kappa shape index (κ1) is 12.5. The molecule has 1 aromatic rings. The van der Waals surface area contributed by atoms with Gasteiger partial charge < -0.3 is 5.32 Å². The summed E-state index contributed by atoms with van der Waals surface area (Å²) >= 11 is 4.04. The summed E-state index contributed by atoms with van der Waals surface area (Å²) in [6.45, 7) is 2.43. The van der Waals surface area contributed by atoms with Crippen LogP contribution in [0, 0.1) is 0 Å². The Morgan fingerprint density at radius 2 is 2.44 bits per heavy atom. The van der Waals surface area contributed by atoms with Gasteiger partial charge in [-0.15, -0.1) is 11.3 Å². The minimum Gasteiger partial charge on any atom is -0.316 e. The summed E-state index contributed by atoms with van der Waals surface area (Å²) in [6.07, 6.45) is 5.24. The van der Waals surface area contributed by atoms with Crippen LogP contribution >= 0.6 is 23.1 Å². The largest absolute Gasteiger partial charge is 0.316 e. The van der Waals surface area contributed by atoms with Crippen molar-refractivity contribution in [1.82, 2.24) is 5.32 Å². The van der Waals surface area contributed by atoms with E-state index in [0.29, 0.717) is 10.8 Å². The lowest BCUT2D eigenvalue weighted by molar-refractivity contribution is 0.405. The summed E-state index contributed by atoms with van der Waals surface area (Å²) in [5.74, 6) is 1.34. The second-order valence-corrected chi connectivity index (χ2v) is 7.39. The molecule has 2 unspecified atom stereocenters. The number of thioether (sulfide) groups is 1. The van der Waals surface area contributed by atoms with Crippen molar-refractivity contribution in [1.29, 1.82) is 0 Å². The summed E-state index contributed by atoms with van der Waals surface area (Å²) in [6, 6.07) is 5.06. The topological polar surface area (TPSA) is 12.0 Å². The van der Waals surface area contributed by atoms with Crippen molar-refractivity contribution in [2.45, 2.75) is 43.4 Å². The maximum Gasteiger partial charge on any atom is 0.0285 e. The summed E-state index contributed by atoms with van der Waals surface area (Å²) in [5.41, 5.74) is 0. The molecule has 0 amide bonds. The first-order chi connectivity index (χ1) is 7.74. The zero-order valence-corrected chi connectivity index (χ0v) is 11.8. The maximum absolute atomic E-state index is 3.53. The molecule has 1 aliphatic rings. The van der Waals surface area contributed by atoms with Crippen LogP contribution in [-0.2, 0) is 6.42 Å². The Morgan fingerprint density at radius 3 is 3.00 bits per heavy atom. The van der Waals surface area contributed by atoms with Gasteiger partial charge in [-0.25, -0.2) is 0 Å². The molecule has 2 rings (SSSR count). The van der Waals surface area contributed by atoms with E-state index in [1.54, 1.807) is 0 Å². The third-order valence-corrected chi connectivity index (χ3v) is 6.17. The van der Waals surface area contributed by atoms with E-state index < -0.39 is 0 Å². The van der Waals surface area contributed by atoms with E-state index in [-0.39, 0.29) is 0 Å². The zero-order chi connectivity index (χ0) is 11.4. The van der Waals surface area contributed by atoms with Crippen LogP contribution in [0.5, 0.6) is 0 Å². The molecule has 0 bridgehead atoms. The minimum atomic E-state index is 0.464. The number of aryl methyl sites for hydroxylation is 1. The molecule has 3 heteroatoms. The maximum atomic E-state index is 3.53. The normalized spacial score (nSPS) is 27.1. The molecule has 0 aromatic carbocycles. The molecule has 1 N–H and O–H groups in total. The van der Waals surface area contributed by atoms with Gasteiger partial charge in [0.05, 0.1) is 0 Å². The molecular formula is C13H21NS2. The molecule has 0 saturated carbocycles. The second-order valence-electron chi connectivity index (χ2n) is 4.72. The molecule has 2 heterocycles. The van der Waals surface area contributed by atoms with Gasteiger partial charge in [-0.05, 0) is 56.9 Å². The fourth-order valence-electron chi connectivity index (χ4n) is 2.57. The zero-order valence-electron chi connectivity index (χ0n) is 10.2. The van der Waals surface area contributed by atoms with Crippen molar-refractivity contribution in [3.63, 3.8) is 0 Å². The second kappa shape index (κ2) is 5.56. The summed E-state index contributed by atoms with van der Waals surface area (Å²) < 4.78 is 0.464. The highest BCUT2D eigenvalue weighted by Crippen LogP contribution is 2.41. The van der Waals surface area contributed by atoms with Crippen LogP contribution in [0.15, 0.2) is 17.5 Å². The molecule has 16 heavy (non-hydrogen) atoms. The first-order valence-corrected chi connectivity index (χ1v) is 7.95. The number of nitrogens with one attached hydrogen (secondary N) is 1. The van der Waals surface area contributed by atoms with Gasteiger partial charge >= 0.3 is 0 Å². The monoisotopic (exact) mass is 255 g/mol. The van der Waals surface area contributed by atoms with Gasteiger partial charge in [-0.3, -0.25) is 0 Å². The highest BCUT2D eigenvalue weighted by molar-refractivity contribution is 8.00. The predicted octanol–water partition coefficient (Wildman–Crippen LogP) is 3.55. The summed E-state index contributed by atoms with van der Waals surface area (Å²) in [5, 5.41) is 5.71. The van der Waals surface area contributed by atoms with E-state index in [9.17, 15) is 0 Å². The number of hydrogen-bond acceptors (Lipinski definition) is 3. The minimum absolute atomic E-state index is 0.464. The highest BCUT2D eigenvalue weighted by atomic mass is 32.2. The Morgan fingerprint density at radius 1 is 1.56 bits per heavy atom. The SMILES string of the molecule is CNC(CCc1cccs1)C1(C)CCCS1. The summed E-state index contributed by atoms with van der Waals surface area (Å²) in [7, 11) is 2.11. The standard InChI is InChI=1S/C13H21NS2/c1-13(8-4-10-16-13)12(14-2)7-6-11-5-3-9-15-11/h3,5,9,12,14H,4,6-8,10H2,1-2H3. The Balaban J connectivity index is 1.90. The van der Waals surface area contributed by atoms with Crippen LogP contribution < -0.4 is 5.32 Å². The lowest BCUT2D eigenvalue weighted by Gasteiger charge is -2.33. The number of hydrogen-bond donors (Lipinski definition) is 1. The smallest absolute Gasteiger partial charge is 0.0285 e. The molecule has 0 spiro atoms. The van der Waals surface area contributed by atoms with Crippen LogP contribution in [0.25, 0.3) is 0 Å². The van der Waals surface area contributed by atoms with Gasteiger partial charge in [0.25, 0.3) is 0 Å². The van der Waals surface area contributed by atoms with Gasteiger partial charge in [0, 0.05) is 15.7 Å². The number of rotatable bonds is 5. The Labute approximate surface area is 107 Å². The van der Waals surface area contributed by atoms with Gasteiger partial charge in [-0.1, -0.05) is 6.07 Å². The van der Waals surface area contributed by atoms with Crippen molar-refractivity contribution in [2.24, 2.45) is 0 Å². The average Bonchev–Trinajstić information content (AvgIpc) is 2.91. The quantitative estimate of drug-likeness (QED) is 0.863. The van der Waals surface area contributed by atoms with Crippen molar-refractivity contribution in [2.75, 3.05) is 12.8 Å². The molecule has 1 fully saturated rings. The van der Waals surface area contributed by atoms with E-state index in [0.717, 1.165) is 0 Å². The molecule has 1 nitrogen and oxygen atoms in total. The molecule has 1 saturated heterocycles. The van der Waals surface area contributed by atoms with Gasteiger partial charge in [0.1, 0.15) is 0 Å². The van der Waals surface area contributed by atoms with Gasteiger partial charge in [0.2, 0.25) is 0 Å². The average molecular weight is 255 g/mol. The summed E-state index contributed by atoms with van der Waals surface area (Å²) in [4.78, 5) is 1.52. The fraction of sp³-hybridized carbons (Fsp3) is 0.692. The number of thiophene rings is 1. The van der Waals surface area contributed by atoms with Gasteiger partial charge in [0.15, 0.2) is 0 Å². The van der Waals surface area contributed by atoms with E-state index in [1.165, 1.54) is 36.3 Å². The van der Waals surface area contributed by atoms with E-state index >= 15 is 0 Å². The van der Waals surface area contributed by atoms with Gasteiger partial charge in [-0.2, -0.15) is 11.8 Å². The van der Waals surface area contributed by atoms with E-state index in [4.69, 9.17) is 0 Å². The third-order valence-electron chi connectivity index (χ3n) is 3.59. The van der Waals surface area contributed by atoms with Crippen molar-refractivity contribution < 1.29 is 0 Å². The predicted molar refractivity (Wildman–Crippen MR) is 75.6 cm³/mol. The lowest BCUT2D eigenvalue weighted by Crippen LogP contribution is -2.43. The third kappa shape index (κ3) is 2.82. The van der Waals surface area contributed by atoms with Crippen molar-refractivity contribution in [3.05, 3.63) is 22.4 Å². The van der Waals surface area contributed by atoms with E-state index in [1.807, 2.05) is 11.3 Å². The van der Waals surface area contributed by atoms with Crippen LogP contribution in [0.4, 0.5) is 0 Å². The van der Waals surface area contributed by atoms with E-state index in [2.05, 4.69) is 48.6 Å². The molecule has 2 atom stereocenters. The molecule has 90 valence electrons. The molecule has 0 radical (unpaired) electrons. The first-order valence-electron chi connectivity index (χ1n) is 6.08.